The number of carbonyl (C=O) groups is 3. The number of carbonyl (C=O) groups excluding carboxylic acids is 3. The van der Waals surface area contributed by atoms with Crippen LogP contribution in [0.25, 0.3) is 0 Å². The van der Waals surface area contributed by atoms with Gasteiger partial charge in [-0.3, -0.25) is 14.4 Å². The summed E-state index contributed by atoms with van der Waals surface area (Å²) in [5.74, 6) is -1.20. The summed E-state index contributed by atoms with van der Waals surface area (Å²) >= 11 is 0. The van der Waals surface area contributed by atoms with E-state index in [2.05, 4.69) is 24.5 Å². The maximum atomic E-state index is 14.0. The first-order chi connectivity index (χ1) is 16.7. The summed E-state index contributed by atoms with van der Waals surface area (Å²) in [4.78, 5) is 43.2. The van der Waals surface area contributed by atoms with Gasteiger partial charge in [-0.25, -0.2) is 0 Å². The van der Waals surface area contributed by atoms with Gasteiger partial charge in [0.25, 0.3) is 0 Å². The predicted octanol–water partition coefficient (Wildman–Crippen LogP) is 3.47. The zero-order chi connectivity index (χ0) is 24.8. The van der Waals surface area contributed by atoms with E-state index < -0.39 is 29.1 Å². The Labute approximate surface area is 209 Å². The van der Waals surface area contributed by atoms with Crippen LogP contribution in [0, 0.1) is 17.8 Å². The molecule has 194 valence electrons. The van der Waals surface area contributed by atoms with Gasteiger partial charge in [-0.05, 0) is 44.9 Å². The van der Waals surface area contributed by atoms with Crippen molar-refractivity contribution in [1.29, 1.82) is 0 Å². The van der Waals surface area contributed by atoms with Gasteiger partial charge in [-0.1, -0.05) is 64.5 Å². The molecule has 2 bridgehead atoms. The first kappa shape index (κ1) is 24.8. The van der Waals surface area contributed by atoms with E-state index in [-0.39, 0.29) is 29.8 Å². The maximum Gasteiger partial charge on any atom is 0.246 e. The Balaban J connectivity index is 1.43. The number of fused-ring (bicyclic) bond motifs is 1. The zero-order valence-electron chi connectivity index (χ0n) is 21.7. The molecule has 2 saturated carbocycles. The molecule has 0 aromatic heterocycles. The number of hydrogen-bond donors (Lipinski definition) is 2. The lowest BCUT2D eigenvalue weighted by Gasteiger charge is -2.35. The van der Waals surface area contributed by atoms with Crippen molar-refractivity contribution in [2.24, 2.45) is 17.8 Å². The fourth-order valence-corrected chi connectivity index (χ4v) is 7.33. The van der Waals surface area contributed by atoms with E-state index >= 15 is 0 Å². The third-order valence-corrected chi connectivity index (χ3v) is 9.18. The summed E-state index contributed by atoms with van der Waals surface area (Å²) in [6.45, 7) is 6.66. The molecule has 5 aliphatic rings. The standard InChI is InChI=1S/C28H43N3O4/c1-18(2)14-17-31-23(25(33)30-20-12-8-5-9-13-20)28-16-15-27(3,35-28)21(22(28)26(31)34)24(32)29-19-10-6-4-7-11-19/h15-16,18-23H,4-14,17H2,1-3H3,(H,29,32)(H,30,33). The molecule has 7 nitrogen and oxygen atoms in total. The van der Waals surface area contributed by atoms with E-state index in [9.17, 15) is 14.4 Å². The van der Waals surface area contributed by atoms with E-state index in [0.29, 0.717) is 12.5 Å². The highest BCUT2D eigenvalue weighted by molar-refractivity contribution is 6.00. The molecule has 2 N–H and O–H groups in total. The van der Waals surface area contributed by atoms with Gasteiger partial charge in [0.15, 0.2) is 0 Å². The third kappa shape index (κ3) is 4.32. The Kier molecular flexibility index (Phi) is 6.75. The average molecular weight is 486 g/mol. The smallest absolute Gasteiger partial charge is 0.246 e. The van der Waals surface area contributed by atoms with Crippen LogP contribution < -0.4 is 10.6 Å². The molecule has 3 aliphatic heterocycles. The minimum absolute atomic E-state index is 0.0962. The number of nitrogens with zero attached hydrogens (tertiary/aromatic N) is 1. The van der Waals surface area contributed by atoms with E-state index in [1.54, 1.807) is 4.90 Å². The number of nitrogens with one attached hydrogen (secondary N) is 2. The molecule has 35 heavy (non-hydrogen) atoms. The molecule has 3 heterocycles. The van der Waals surface area contributed by atoms with Gasteiger partial charge in [-0.15, -0.1) is 0 Å². The Morgan fingerprint density at radius 2 is 1.54 bits per heavy atom. The highest BCUT2D eigenvalue weighted by Crippen LogP contribution is 2.59. The number of rotatable bonds is 7. The van der Waals surface area contributed by atoms with Crippen LogP contribution in [0.4, 0.5) is 0 Å². The van der Waals surface area contributed by atoms with Gasteiger partial charge in [-0.2, -0.15) is 0 Å². The first-order valence-corrected chi connectivity index (χ1v) is 14.1. The first-order valence-electron chi connectivity index (χ1n) is 14.1. The van der Waals surface area contributed by atoms with Crippen molar-refractivity contribution in [2.45, 2.75) is 121 Å². The molecule has 0 aromatic carbocycles. The maximum absolute atomic E-state index is 14.0. The van der Waals surface area contributed by atoms with Crippen LogP contribution >= 0.6 is 0 Å². The van der Waals surface area contributed by atoms with Crippen molar-refractivity contribution < 1.29 is 19.1 Å². The Morgan fingerprint density at radius 3 is 2.11 bits per heavy atom. The molecule has 0 aromatic rings. The average Bonchev–Trinajstić information content (AvgIpc) is 3.39. The van der Waals surface area contributed by atoms with Gasteiger partial charge in [0.2, 0.25) is 17.7 Å². The van der Waals surface area contributed by atoms with Crippen LogP contribution in [-0.4, -0.2) is 58.5 Å². The van der Waals surface area contributed by atoms with Gasteiger partial charge in [0.1, 0.15) is 11.6 Å². The predicted molar refractivity (Wildman–Crippen MR) is 133 cm³/mol. The molecule has 5 rings (SSSR count). The second-order valence-electron chi connectivity index (χ2n) is 12.2. The quantitative estimate of drug-likeness (QED) is 0.541. The van der Waals surface area contributed by atoms with Crippen molar-refractivity contribution in [3.05, 3.63) is 12.2 Å². The van der Waals surface area contributed by atoms with E-state index in [1.807, 2.05) is 19.1 Å². The molecule has 3 amide bonds. The lowest BCUT2D eigenvalue weighted by Crippen LogP contribution is -2.56. The Morgan fingerprint density at radius 1 is 0.971 bits per heavy atom. The summed E-state index contributed by atoms with van der Waals surface area (Å²) < 4.78 is 6.63. The van der Waals surface area contributed by atoms with Gasteiger partial charge in [0, 0.05) is 18.6 Å². The van der Waals surface area contributed by atoms with Crippen LogP contribution in [0.15, 0.2) is 12.2 Å². The third-order valence-electron chi connectivity index (χ3n) is 9.18. The highest BCUT2D eigenvalue weighted by Gasteiger charge is 2.76. The van der Waals surface area contributed by atoms with Crippen LogP contribution in [0.1, 0.15) is 91.4 Å². The summed E-state index contributed by atoms with van der Waals surface area (Å²) in [5.41, 5.74) is -1.94. The lowest BCUT2D eigenvalue weighted by atomic mass is 9.70. The molecule has 2 saturated heterocycles. The molecule has 2 aliphatic carbocycles. The zero-order valence-corrected chi connectivity index (χ0v) is 21.7. The van der Waals surface area contributed by atoms with Crippen molar-refractivity contribution in [3.63, 3.8) is 0 Å². The monoisotopic (exact) mass is 485 g/mol. The van der Waals surface area contributed by atoms with Gasteiger partial charge in [0.05, 0.1) is 17.4 Å². The summed E-state index contributed by atoms with van der Waals surface area (Å²) in [7, 11) is 0. The van der Waals surface area contributed by atoms with Crippen molar-refractivity contribution in [2.75, 3.05) is 6.54 Å². The van der Waals surface area contributed by atoms with E-state index in [1.165, 1.54) is 12.8 Å². The largest absolute Gasteiger partial charge is 0.356 e. The second-order valence-corrected chi connectivity index (χ2v) is 12.2. The van der Waals surface area contributed by atoms with Crippen molar-refractivity contribution in [1.82, 2.24) is 15.5 Å². The van der Waals surface area contributed by atoms with Crippen LogP contribution in [-0.2, 0) is 19.1 Å². The topological polar surface area (TPSA) is 87.7 Å². The minimum atomic E-state index is -1.07. The number of hydrogen-bond acceptors (Lipinski definition) is 4. The molecule has 0 radical (unpaired) electrons. The molecule has 4 fully saturated rings. The molecular formula is C28H43N3O4. The van der Waals surface area contributed by atoms with Crippen LogP contribution in [0.5, 0.6) is 0 Å². The Bertz CT molecular complexity index is 875. The number of ether oxygens (including phenoxy) is 1. The molecule has 5 unspecified atom stereocenters. The van der Waals surface area contributed by atoms with Crippen LogP contribution in [0.3, 0.4) is 0 Å². The molecule has 7 heteroatoms. The highest BCUT2D eigenvalue weighted by atomic mass is 16.5. The minimum Gasteiger partial charge on any atom is -0.356 e. The summed E-state index contributed by atoms with van der Waals surface area (Å²) in [6, 6.07) is -0.415. The van der Waals surface area contributed by atoms with Crippen molar-refractivity contribution in [3.8, 4) is 0 Å². The van der Waals surface area contributed by atoms with Gasteiger partial charge >= 0.3 is 0 Å². The van der Waals surface area contributed by atoms with Gasteiger partial charge < -0.3 is 20.3 Å². The summed E-state index contributed by atoms with van der Waals surface area (Å²) in [6.07, 6.45) is 15.5. The second kappa shape index (κ2) is 9.53. The molecule has 1 spiro atoms. The fraction of sp³-hybridized carbons (Fsp3) is 0.821. The normalized spacial score (nSPS) is 37.2. The molecular weight excluding hydrogens is 442 g/mol. The summed E-state index contributed by atoms with van der Waals surface area (Å²) in [5, 5.41) is 6.52. The van der Waals surface area contributed by atoms with Crippen LogP contribution in [0.2, 0.25) is 0 Å². The van der Waals surface area contributed by atoms with E-state index in [4.69, 9.17) is 4.74 Å². The Hall–Kier alpha value is -1.89. The van der Waals surface area contributed by atoms with Crippen molar-refractivity contribution >= 4 is 17.7 Å². The fourth-order valence-electron chi connectivity index (χ4n) is 7.33. The number of likely N-dealkylation sites (tertiary alicyclic amines) is 1. The molecule has 5 atom stereocenters. The SMILES string of the molecule is CC(C)CCN1C(=O)C2C(C(=O)NC3CCCCC3)C3(C)C=CC2(O3)C1C(=O)NC1CCCCC1. The number of amides is 3. The van der Waals surface area contributed by atoms with E-state index in [0.717, 1.165) is 57.8 Å². The lowest BCUT2D eigenvalue weighted by molar-refractivity contribution is -0.145.